The second-order valence-corrected chi connectivity index (χ2v) is 9.94. The van der Waals surface area contributed by atoms with Crippen molar-refractivity contribution in [3.8, 4) is 0 Å². The van der Waals surface area contributed by atoms with Crippen molar-refractivity contribution in [3.05, 3.63) is 180 Å². The van der Waals surface area contributed by atoms with E-state index in [1.807, 2.05) is 0 Å². The molecule has 0 bridgehead atoms. The van der Waals surface area contributed by atoms with E-state index in [4.69, 9.17) is 0 Å². The molecule has 0 spiro atoms. The average Bonchev–Trinajstić information content (AvgIpc) is 3.62. The van der Waals surface area contributed by atoms with Crippen LogP contribution in [0.1, 0.15) is 33.7 Å². The first kappa shape index (κ1) is 30.6. The monoisotopic (exact) mass is 643 g/mol. The van der Waals surface area contributed by atoms with Crippen LogP contribution in [-0.2, 0) is 26.2 Å². The van der Waals surface area contributed by atoms with Gasteiger partial charge in [-0.05, 0) is 45.5 Å². The van der Waals surface area contributed by atoms with Crippen LogP contribution in [0.25, 0.3) is 38.8 Å². The van der Waals surface area contributed by atoms with Gasteiger partial charge in [-0.15, -0.1) is 33.7 Å². The van der Waals surface area contributed by atoms with Gasteiger partial charge in [0.25, 0.3) is 0 Å². The summed E-state index contributed by atoms with van der Waals surface area (Å²) in [6.07, 6.45) is 9.15. The van der Waals surface area contributed by atoms with Gasteiger partial charge in [0.05, 0.1) is 0 Å². The summed E-state index contributed by atoms with van der Waals surface area (Å²) in [7, 11) is 0. The Morgan fingerprint density at radius 1 is 0.634 bits per heavy atom. The zero-order valence-electron chi connectivity index (χ0n) is 22.3. The molecule has 0 fully saturated rings. The largest absolute Gasteiger partial charge is 3.00 e. The van der Waals surface area contributed by atoms with Crippen molar-refractivity contribution in [3.63, 3.8) is 0 Å². The van der Waals surface area contributed by atoms with Crippen LogP contribution in [0.4, 0.5) is 0 Å². The summed E-state index contributed by atoms with van der Waals surface area (Å²) < 4.78 is 0. The molecule has 0 heterocycles. The molecule has 0 nitrogen and oxygen atoms in total. The van der Waals surface area contributed by atoms with Crippen LogP contribution in [0.15, 0.2) is 152 Å². The van der Waals surface area contributed by atoms with Gasteiger partial charge in [-0.25, -0.2) is 0 Å². The number of allylic oxidation sites excluding steroid dienone is 4. The maximum Gasteiger partial charge on any atom is 3.00 e. The summed E-state index contributed by atoms with van der Waals surface area (Å²) in [6, 6.07) is 48.1. The molecular formula is C38H27Cl2Zr. The van der Waals surface area contributed by atoms with Gasteiger partial charge in [-0.3, -0.25) is 0 Å². The molecule has 0 aromatic heterocycles. The third kappa shape index (κ3) is 6.00. The van der Waals surface area contributed by atoms with Crippen LogP contribution >= 0.6 is 0 Å². The molecule has 0 N–H and O–H groups in total. The number of rotatable bonds is 5. The van der Waals surface area contributed by atoms with Crippen molar-refractivity contribution in [1.82, 2.24) is 0 Å². The molecular weight excluding hydrogens is 619 g/mol. The third-order valence-corrected chi connectivity index (χ3v) is 7.64. The van der Waals surface area contributed by atoms with Gasteiger partial charge >= 0.3 is 26.2 Å². The molecule has 1 aliphatic rings. The van der Waals surface area contributed by atoms with E-state index in [0.717, 1.165) is 0 Å². The molecule has 0 saturated carbocycles. The molecule has 41 heavy (non-hydrogen) atoms. The Morgan fingerprint density at radius 2 is 1.27 bits per heavy atom. The van der Waals surface area contributed by atoms with Gasteiger partial charge in [0.15, 0.2) is 0 Å². The number of hydrogen-bond donors (Lipinski definition) is 0. The third-order valence-electron chi connectivity index (χ3n) is 7.64. The summed E-state index contributed by atoms with van der Waals surface area (Å²) in [5.74, 6) is 0.234. The van der Waals surface area contributed by atoms with Crippen molar-refractivity contribution in [2.45, 2.75) is 5.92 Å². The fourth-order valence-electron chi connectivity index (χ4n) is 5.84. The maximum absolute atomic E-state index is 2.36. The zero-order valence-corrected chi connectivity index (χ0v) is 26.3. The predicted octanol–water partition coefficient (Wildman–Crippen LogP) is 4.04. The quantitative estimate of drug-likeness (QED) is 0.196. The van der Waals surface area contributed by atoms with E-state index in [9.17, 15) is 0 Å². The van der Waals surface area contributed by atoms with Gasteiger partial charge in [0.2, 0.25) is 0 Å². The molecule has 0 aliphatic heterocycles. The second kappa shape index (κ2) is 13.5. The van der Waals surface area contributed by atoms with Crippen LogP contribution in [0, 0.1) is 0 Å². The van der Waals surface area contributed by atoms with Gasteiger partial charge in [-0.2, -0.15) is 0 Å². The van der Waals surface area contributed by atoms with Crippen LogP contribution in [0.5, 0.6) is 0 Å². The molecule has 6 aromatic carbocycles. The van der Waals surface area contributed by atoms with E-state index in [2.05, 4.69) is 158 Å². The van der Waals surface area contributed by atoms with E-state index >= 15 is 0 Å². The fourth-order valence-corrected chi connectivity index (χ4v) is 5.84. The summed E-state index contributed by atoms with van der Waals surface area (Å²) >= 11 is 0. The Bertz CT molecular complexity index is 1820. The smallest absolute Gasteiger partial charge is 1.00 e. The van der Waals surface area contributed by atoms with Crippen molar-refractivity contribution in [2.24, 2.45) is 0 Å². The van der Waals surface area contributed by atoms with Crippen molar-refractivity contribution < 1.29 is 51.0 Å². The summed E-state index contributed by atoms with van der Waals surface area (Å²) in [5.41, 5.74) is 8.85. The van der Waals surface area contributed by atoms with Gasteiger partial charge < -0.3 is 24.8 Å². The van der Waals surface area contributed by atoms with Crippen molar-refractivity contribution in [2.75, 3.05) is 0 Å². The van der Waals surface area contributed by atoms with Crippen LogP contribution in [-0.4, -0.2) is 0 Å². The fraction of sp³-hybridized carbons (Fsp3) is 0.0263. The Hall–Kier alpha value is -3.35. The molecule has 1 unspecified atom stereocenters. The molecule has 1 radical (unpaired) electrons. The minimum absolute atomic E-state index is 0. The van der Waals surface area contributed by atoms with E-state index in [0.29, 0.717) is 0 Å². The molecule has 6 aromatic rings. The molecule has 197 valence electrons. The Kier molecular flexibility index (Phi) is 10.1. The van der Waals surface area contributed by atoms with E-state index in [-0.39, 0.29) is 56.9 Å². The van der Waals surface area contributed by atoms with E-state index < -0.39 is 0 Å². The number of fused-ring (bicyclic) bond motifs is 3. The predicted molar refractivity (Wildman–Crippen MR) is 163 cm³/mol. The first-order chi connectivity index (χ1) is 18.8. The van der Waals surface area contributed by atoms with Crippen LogP contribution < -0.4 is 24.8 Å². The van der Waals surface area contributed by atoms with Gasteiger partial charge in [0.1, 0.15) is 0 Å². The molecule has 0 saturated heterocycles. The minimum atomic E-state index is 0. The first-order valence-electron chi connectivity index (χ1n) is 13.2. The van der Waals surface area contributed by atoms with Crippen LogP contribution in [0.3, 0.4) is 0 Å². The number of halogens is 2. The Labute approximate surface area is 273 Å². The second-order valence-electron chi connectivity index (χ2n) is 9.94. The summed E-state index contributed by atoms with van der Waals surface area (Å²) in [5, 5.41) is 5.33. The SMILES string of the molecule is C1=CC(c2cccc3c2[cH-]c2ccccc23)C(c2cccc(C=C(c3ccccc3)c3ccccc3)c2)=C1.[Cl-].[Cl-].[Zr+3]. The summed E-state index contributed by atoms with van der Waals surface area (Å²) in [4.78, 5) is 0. The Balaban J connectivity index is 0.00000129. The molecule has 0 amide bonds. The average molecular weight is 646 g/mol. The van der Waals surface area contributed by atoms with E-state index in [1.165, 1.54) is 60.5 Å². The van der Waals surface area contributed by atoms with Gasteiger partial charge in [-0.1, -0.05) is 139 Å². The molecule has 7 rings (SSSR count). The topological polar surface area (TPSA) is 0 Å². The molecule has 1 atom stereocenters. The van der Waals surface area contributed by atoms with Crippen molar-refractivity contribution in [1.29, 1.82) is 0 Å². The van der Waals surface area contributed by atoms with E-state index in [1.54, 1.807) is 0 Å². The standard InChI is InChI=1S/C38H27.2ClH.Zr/c1-3-13-28(14-4-1)37(29-15-5-2-6-16-29)25-27-12-9-18-30(24-27)33-20-10-21-34(33)36-23-11-22-35-32-19-8-7-17-31(32)26-38(35)36;;;/h1-26,34H;2*1H;/q-1;;;+3/p-2. The number of benzene rings is 5. The van der Waals surface area contributed by atoms with Gasteiger partial charge in [0, 0.05) is 5.92 Å². The molecule has 1 aliphatic carbocycles. The minimum Gasteiger partial charge on any atom is -1.00 e. The molecule has 3 heteroatoms. The normalized spacial score (nSPS) is 13.6. The summed E-state index contributed by atoms with van der Waals surface area (Å²) in [6.45, 7) is 0. The zero-order chi connectivity index (χ0) is 25.3. The Morgan fingerprint density at radius 3 is 2.00 bits per heavy atom. The first-order valence-corrected chi connectivity index (χ1v) is 13.2. The maximum atomic E-state index is 2.36. The van der Waals surface area contributed by atoms with Crippen LogP contribution in [0.2, 0.25) is 0 Å². The number of hydrogen-bond acceptors (Lipinski definition) is 0. The van der Waals surface area contributed by atoms with Crippen molar-refractivity contribution >= 4 is 38.8 Å².